The fourth-order valence-electron chi connectivity index (χ4n) is 4.13. The van der Waals surface area contributed by atoms with Crippen LogP contribution in [0.5, 0.6) is 0 Å². The lowest BCUT2D eigenvalue weighted by Gasteiger charge is -2.45. The lowest BCUT2D eigenvalue weighted by atomic mass is 9.74. The number of benzene rings is 1. The van der Waals surface area contributed by atoms with Gasteiger partial charge in [0.05, 0.1) is 12.8 Å². The monoisotopic (exact) mass is 286 g/mol. The Balaban J connectivity index is 1.75. The number of aliphatic hydroxyl groups is 1. The molecule has 1 aliphatic carbocycles. The number of aromatic nitrogens is 1. The SMILES string of the molecule is CCOCN1C[C@H](O)CC2c3cccc4[nH]cc(c34)C[C@H]21. The first kappa shape index (κ1) is 13.3. The van der Waals surface area contributed by atoms with E-state index in [1.807, 2.05) is 6.92 Å². The van der Waals surface area contributed by atoms with Gasteiger partial charge in [0.15, 0.2) is 0 Å². The van der Waals surface area contributed by atoms with Gasteiger partial charge in [-0.3, -0.25) is 4.90 Å². The average molecular weight is 286 g/mol. The van der Waals surface area contributed by atoms with E-state index in [9.17, 15) is 5.11 Å². The molecule has 1 fully saturated rings. The Kier molecular flexibility index (Phi) is 3.25. The Labute approximate surface area is 124 Å². The van der Waals surface area contributed by atoms with Crippen LogP contribution in [0.2, 0.25) is 0 Å². The van der Waals surface area contributed by atoms with Gasteiger partial charge in [0, 0.05) is 42.2 Å². The molecule has 0 bridgehead atoms. The maximum atomic E-state index is 10.3. The molecule has 2 aliphatic rings. The first-order chi connectivity index (χ1) is 10.3. The number of aromatic amines is 1. The second-order valence-corrected chi connectivity index (χ2v) is 6.24. The fourth-order valence-corrected chi connectivity index (χ4v) is 4.13. The third-order valence-corrected chi connectivity index (χ3v) is 5.01. The van der Waals surface area contributed by atoms with Crippen LogP contribution < -0.4 is 0 Å². The molecule has 1 aromatic heterocycles. The summed E-state index contributed by atoms with van der Waals surface area (Å²) in [5, 5.41) is 11.6. The molecule has 0 radical (unpaired) electrons. The van der Waals surface area contributed by atoms with Crippen molar-refractivity contribution in [1.29, 1.82) is 0 Å². The minimum Gasteiger partial charge on any atom is -0.392 e. The highest BCUT2D eigenvalue weighted by Gasteiger charge is 2.40. The lowest BCUT2D eigenvalue weighted by molar-refractivity contribution is -0.0511. The maximum Gasteiger partial charge on any atom is 0.0993 e. The average Bonchev–Trinajstić information content (AvgIpc) is 2.90. The standard InChI is InChI=1S/C17H22N2O2/c1-2-21-10-19-9-12(20)7-14-13-4-3-5-15-17(13)11(8-18-15)6-16(14)19/h3-5,8,12,14,16,18,20H,2,6-7,9-10H2,1H3/t12-,14?,16-/m1/s1. The molecule has 2 N–H and O–H groups in total. The Bertz CT molecular complexity index is 651. The molecule has 112 valence electrons. The van der Waals surface area contributed by atoms with Crippen molar-refractivity contribution in [2.24, 2.45) is 0 Å². The number of hydrogen-bond acceptors (Lipinski definition) is 3. The minimum absolute atomic E-state index is 0.262. The van der Waals surface area contributed by atoms with Crippen LogP contribution in [0.15, 0.2) is 24.4 Å². The normalized spacial score (nSPS) is 28.8. The predicted octanol–water partition coefficient (Wildman–Crippen LogP) is 2.24. The summed E-state index contributed by atoms with van der Waals surface area (Å²) in [4.78, 5) is 5.70. The first-order valence-electron chi connectivity index (χ1n) is 7.86. The lowest BCUT2D eigenvalue weighted by Crippen LogP contribution is -2.52. The van der Waals surface area contributed by atoms with E-state index in [1.54, 1.807) is 0 Å². The summed E-state index contributed by atoms with van der Waals surface area (Å²) in [5.41, 5.74) is 4.01. The van der Waals surface area contributed by atoms with Gasteiger partial charge in [-0.25, -0.2) is 0 Å². The number of fused-ring (bicyclic) bond motifs is 2. The Hall–Kier alpha value is -1.36. The molecule has 1 aromatic carbocycles. The van der Waals surface area contributed by atoms with Crippen molar-refractivity contribution in [3.63, 3.8) is 0 Å². The van der Waals surface area contributed by atoms with Crippen LogP contribution in [0.4, 0.5) is 0 Å². The van der Waals surface area contributed by atoms with Crippen LogP contribution in [-0.4, -0.2) is 47.0 Å². The van der Waals surface area contributed by atoms with Gasteiger partial charge in [-0.2, -0.15) is 0 Å². The Morgan fingerprint density at radius 3 is 3.19 bits per heavy atom. The molecule has 4 nitrogen and oxygen atoms in total. The van der Waals surface area contributed by atoms with Crippen LogP contribution in [-0.2, 0) is 11.2 Å². The van der Waals surface area contributed by atoms with Gasteiger partial charge in [0.2, 0.25) is 0 Å². The molecule has 21 heavy (non-hydrogen) atoms. The summed E-state index contributed by atoms with van der Waals surface area (Å²) in [5.74, 6) is 0.404. The molecule has 2 heterocycles. The molecule has 1 unspecified atom stereocenters. The Morgan fingerprint density at radius 2 is 2.33 bits per heavy atom. The zero-order chi connectivity index (χ0) is 14.4. The van der Waals surface area contributed by atoms with Crippen molar-refractivity contribution in [3.8, 4) is 0 Å². The quantitative estimate of drug-likeness (QED) is 0.909. The van der Waals surface area contributed by atoms with E-state index in [1.165, 1.54) is 22.0 Å². The maximum absolute atomic E-state index is 10.3. The van der Waals surface area contributed by atoms with E-state index < -0.39 is 0 Å². The molecule has 1 aliphatic heterocycles. The van der Waals surface area contributed by atoms with E-state index in [0.717, 1.165) is 26.0 Å². The predicted molar refractivity (Wildman–Crippen MR) is 82.4 cm³/mol. The number of rotatable bonds is 3. The summed E-state index contributed by atoms with van der Waals surface area (Å²) >= 11 is 0. The number of β-amino-alcohol motifs (C(OH)–C–C–N with tert-alkyl or cyclic N) is 1. The van der Waals surface area contributed by atoms with Gasteiger partial charge in [-0.05, 0) is 37.0 Å². The summed E-state index contributed by atoms with van der Waals surface area (Å²) < 4.78 is 5.62. The summed E-state index contributed by atoms with van der Waals surface area (Å²) in [6.45, 7) is 4.07. The smallest absolute Gasteiger partial charge is 0.0993 e. The number of nitrogens with zero attached hydrogens (tertiary/aromatic N) is 1. The van der Waals surface area contributed by atoms with Gasteiger partial charge in [0.25, 0.3) is 0 Å². The minimum atomic E-state index is -0.262. The molecular formula is C17H22N2O2. The van der Waals surface area contributed by atoms with E-state index in [0.29, 0.717) is 18.7 Å². The van der Waals surface area contributed by atoms with Crippen molar-refractivity contribution >= 4 is 10.9 Å². The largest absolute Gasteiger partial charge is 0.392 e. The zero-order valence-corrected chi connectivity index (χ0v) is 12.4. The highest BCUT2D eigenvalue weighted by molar-refractivity contribution is 5.88. The fraction of sp³-hybridized carbons (Fsp3) is 0.529. The summed E-state index contributed by atoms with van der Waals surface area (Å²) in [6.07, 6.45) is 3.79. The van der Waals surface area contributed by atoms with E-state index >= 15 is 0 Å². The second-order valence-electron chi connectivity index (χ2n) is 6.24. The van der Waals surface area contributed by atoms with Crippen LogP contribution in [0.3, 0.4) is 0 Å². The van der Waals surface area contributed by atoms with E-state index in [-0.39, 0.29) is 6.10 Å². The number of ether oxygens (including phenoxy) is 1. The third kappa shape index (κ3) is 2.09. The van der Waals surface area contributed by atoms with Crippen LogP contribution in [0.25, 0.3) is 10.9 Å². The van der Waals surface area contributed by atoms with Crippen molar-refractivity contribution < 1.29 is 9.84 Å². The third-order valence-electron chi connectivity index (χ3n) is 5.01. The molecular weight excluding hydrogens is 264 g/mol. The van der Waals surface area contributed by atoms with Crippen molar-refractivity contribution in [2.75, 3.05) is 19.9 Å². The van der Waals surface area contributed by atoms with Gasteiger partial charge >= 0.3 is 0 Å². The number of nitrogens with one attached hydrogen (secondary N) is 1. The molecule has 1 saturated heterocycles. The number of piperidine rings is 1. The Morgan fingerprint density at radius 1 is 1.43 bits per heavy atom. The van der Waals surface area contributed by atoms with E-state index in [2.05, 4.69) is 34.3 Å². The van der Waals surface area contributed by atoms with Gasteiger partial charge in [-0.1, -0.05) is 12.1 Å². The molecule has 4 heteroatoms. The zero-order valence-electron chi connectivity index (χ0n) is 12.4. The van der Waals surface area contributed by atoms with Crippen molar-refractivity contribution in [1.82, 2.24) is 9.88 Å². The molecule has 4 rings (SSSR count). The van der Waals surface area contributed by atoms with E-state index in [4.69, 9.17) is 4.74 Å². The second kappa shape index (κ2) is 5.13. The van der Waals surface area contributed by atoms with Gasteiger partial charge < -0.3 is 14.8 Å². The summed E-state index contributed by atoms with van der Waals surface area (Å²) in [6, 6.07) is 6.93. The van der Waals surface area contributed by atoms with Gasteiger partial charge in [0.1, 0.15) is 0 Å². The number of likely N-dealkylation sites (tertiary alicyclic amines) is 1. The van der Waals surface area contributed by atoms with Crippen LogP contribution >= 0.6 is 0 Å². The number of hydrogen-bond donors (Lipinski definition) is 2. The first-order valence-corrected chi connectivity index (χ1v) is 7.86. The van der Waals surface area contributed by atoms with Crippen molar-refractivity contribution in [2.45, 2.75) is 37.8 Å². The molecule has 0 amide bonds. The molecule has 0 saturated carbocycles. The molecule has 3 atom stereocenters. The highest BCUT2D eigenvalue weighted by atomic mass is 16.5. The van der Waals surface area contributed by atoms with Crippen LogP contribution in [0, 0.1) is 0 Å². The van der Waals surface area contributed by atoms with Gasteiger partial charge in [-0.15, -0.1) is 0 Å². The molecule has 2 aromatic rings. The number of H-pyrrole nitrogens is 1. The highest BCUT2D eigenvalue weighted by Crippen LogP contribution is 2.43. The molecule has 0 spiro atoms. The van der Waals surface area contributed by atoms with Crippen molar-refractivity contribution in [3.05, 3.63) is 35.5 Å². The van der Waals surface area contributed by atoms with Crippen LogP contribution in [0.1, 0.15) is 30.4 Å². The topological polar surface area (TPSA) is 48.5 Å². The number of aliphatic hydroxyl groups excluding tert-OH is 1. The summed E-state index contributed by atoms with van der Waals surface area (Å²) in [7, 11) is 0.